The first-order valence-electron chi connectivity index (χ1n) is 9.39. The van der Waals surface area contributed by atoms with Crippen LogP contribution in [0.3, 0.4) is 0 Å². The second-order valence-corrected chi connectivity index (χ2v) is 7.94. The van der Waals surface area contributed by atoms with Crippen LogP contribution in [-0.4, -0.2) is 11.9 Å². The fourth-order valence-electron chi connectivity index (χ4n) is 2.57. The van der Waals surface area contributed by atoms with Crippen molar-refractivity contribution in [3.05, 3.63) is 71.1 Å². The zero-order valence-electron chi connectivity index (χ0n) is 16.8. The Morgan fingerprint density at radius 1 is 1.26 bits per heavy atom. The topological polar surface area (TPSA) is 29.1 Å². The Bertz CT molecular complexity index is 843. The van der Waals surface area contributed by atoms with Gasteiger partial charge in [0.05, 0.1) is 0 Å². The molecule has 0 radical (unpaired) electrons. The zero-order chi connectivity index (χ0) is 20.0. The third kappa shape index (κ3) is 5.96. The van der Waals surface area contributed by atoms with Crippen molar-refractivity contribution in [1.29, 1.82) is 0 Å². The van der Waals surface area contributed by atoms with Gasteiger partial charge in [-0.3, -0.25) is 4.79 Å². The van der Waals surface area contributed by atoms with Crippen molar-refractivity contribution in [2.75, 3.05) is 0 Å². The van der Waals surface area contributed by atoms with Gasteiger partial charge in [0, 0.05) is 28.7 Å². The Kier molecular flexibility index (Phi) is 6.80. The number of allylic oxidation sites excluding steroid dienone is 5. The van der Waals surface area contributed by atoms with Gasteiger partial charge in [-0.25, -0.2) is 4.39 Å². The van der Waals surface area contributed by atoms with E-state index in [2.05, 4.69) is 44.9 Å². The van der Waals surface area contributed by atoms with Crippen LogP contribution in [0.5, 0.6) is 0 Å². The molecule has 0 spiro atoms. The molecule has 1 aliphatic carbocycles. The highest BCUT2D eigenvalue weighted by Crippen LogP contribution is 2.24. The fourth-order valence-corrected chi connectivity index (χ4v) is 2.57. The van der Waals surface area contributed by atoms with Crippen LogP contribution in [0, 0.1) is 29.0 Å². The van der Waals surface area contributed by atoms with E-state index in [-0.39, 0.29) is 29.1 Å². The lowest BCUT2D eigenvalue weighted by Gasteiger charge is -2.29. The molecule has 1 aromatic carbocycles. The lowest BCUT2D eigenvalue weighted by Crippen LogP contribution is -2.42. The van der Waals surface area contributed by atoms with E-state index < -0.39 is 0 Å². The third-order valence-corrected chi connectivity index (χ3v) is 4.87. The summed E-state index contributed by atoms with van der Waals surface area (Å²) in [7, 11) is 0. The Labute approximate surface area is 162 Å². The smallest absolute Gasteiger partial charge is 0.248 e. The average molecular weight is 365 g/mol. The van der Waals surface area contributed by atoms with Gasteiger partial charge in [-0.1, -0.05) is 57.8 Å². The van der Waals surface area contributed by atoms with Gasteiger partial charge in [0.15, 0.2) is 0 Å². The number of benzene rings is 1. The molecule has 1 N–H and O–H groups in total. The average Bonchev–Trinajstić information content (AvgIpc) is 2.81. The van der Waals surface area contributed by atoms with Gasteiger partial charge in [-0.05, 0) is 49.1 Å². The number of amides is 1. The summed E-state index contributed by atoms with van der Waals surface area (Å²) in [5, 5.41) is 3.11. The van der Waals surface area contributed by atoms with E-state index in [0.717, 1.165) is 17.6 Å². The molecule has 0 bridgehead atoms. The zero-order valence-corrected chi connectivity index (χ0v) is 16.8. The molecule has 1 amide bonds. The van der Waals surface area contributed by atoms with Crippen LogP contribution >= 0.6 is 0 Å². The van der Waals surface area contributed by atoms with Crippen molar-refractivity contribution in [2.24, 2.45) is 11.3 Å². The van der Waals surface area contributed by atoms with Crippen molar-refractivity contribution in [3.8, 4) is 11.8 Å². The van der Waals surface area contributed by atoms with E-state index >= 15 is 0 Å². The molecule has 142 valence electrons. The molecular weight excluding hydrogens is 337 g/mol. The predicted octanol–water partition coefficient (Wildman–Crippen LogP) is 5.18. The standard InChI is InChI=1S/C24H28FNO/c1-6-20-14-12-18(10-11-19-8-7-9-21(25)16-19)13-15-22(20)23(27)26-17(2)24(3,4)5/h7-9,12-17,20H,6H2,1-5H3,(H,26,27). The van der Waals surface area contributed by atoms with Crippen LogP contribution in [0.15, 0.2) is 59.7 Å². The monoisotopic (exact) mass is 365 g/mol. The van der Waals surface area contributed by atoms with E-state index in [0.29, 0.717) is 5.56 Å². The molecule has 2 rings (SSSR count). The second-order valence-electron chi connectivity index (χ2n) is 7.94. The Hall–Kier alpha value is -2.60. The molecule has 1 aliphatic rings. The van der Waals surface area contributed by atoms with Crippen molar-refractivity contribution in [3.63, 3.8) is 0 Å². The van der Waals surface area contributed by atoms with Gasteiger partial charge in [0.2, 0.25) is 5.91 Å². The number of halogens is 1. The molecule has 27 heavy (non-hydrogen) atoms. The summed E-state index contributed by atoms with van der Waals surface area (Å²) < 4.78 is 13.3. The van der Waals surface area contributed by atoms with Crippen molar-refractivity contribution < 1.29 is 9.18 Å². The molecule has 2 nitrogen and oxygen atoms in total. The summed E-state index contributed by atoms with van der Waals surface area (Å²) in [6.07, 6.45) is 8.50. The molecule has 0 aromatic heterocycles. The molecule has 0 fully saturated rings. The van der Waals surface area contributed by atoms with Gasteiger partial charge < -0.3 is 5.32 Å². The van der Waals surface area contributed by atoms with E-state index in [1.165, 1.54) is 12.1 Å². The van der Waals surface area contributed by atoms with Gasteiger partial charge in [0.1, 0.15) is 5.82 Å². The third-order valence-electron chi connectivity index (χ3n) is 4.87. The van der Waals surface area contributed by atoms with Crippen LogP contribution in [-0.2, 0) is 4.79 Å². The first kappa shape index (κ1) is 20.7. The summed E-state index contributed by atoms with van der Waals surface area (Å²) in [6, 6.07) is 6.28. The van der Waals surface area contributed by atoms with Crippen LogP contribution in [0.25, 0.3) is 0 Å². The molecule has 0 saturated carbocycles. The maximum absolute atomic E-state index is 13.3. The largest absolute Gasteiger partial charge is 0.349 e. The van der Waals surface area contributed by atoms with E-state index in [1.807, 2.05) is 31.2 Å². The van der Waals surface area contributed by atoms with Crippen molar-refractivity contribution in [1.82, 2.24) is 5.32 Å². The number of nitrogens with one attached hydrogen (secondary N) is 1. The van der Waals surface area contributed by atoms with Crippen LogP contribution < -0.4 is 5.32 Å². The van der Waals surface area contributed by atoms with Crippen LogP contribution in [0.2, 0.25) is 0 Å². The quantitative estimate of drug-likeness (QED) is 0.735. The van der Waals surface area contributed by atoms with E-state index in [1.54, 1.807) is 12.1 Å². The molecule has 2 atom stereocenters. The number of carbonyl (C=O) groups excluding carboxylic acids is 1. The SMILES string of the molecule is CCC1C=CC(C#Cc2cccc(F)c2)=CC=C1C(=O)NC(C)C(C)(C)C. The van der Waals surface area contributed by atoms with Crippen molar-refractivity contribution >= 4 is 5.91 Å². The first-order valence-corrected chi connectivity index (χ1v) is 9.39. The molecule has 1 aromatic rings. The highest BCUT2D eigenvalue weighted by molar-refractivity contribution is 5.95. The van der Waals surface area contributed by atoms with Crippen LogP contribution in [0.4, 0.5) is 4.39 Å². The first-order chi connectivity index (χ1) is 12.7. The summed E-state index contributed by atoms with van der Waals surface area (Å²) >= 11 is 0. The normalized spacial score (nSPS) is 17.8. The number of hydrogen-bond acceptors (Lipinski definition) is 1. The maximum atomic E-state index is 13.3. The number of rotatable bonds is 3. The summed E-state index contributed by atoms with van der Waals surface area (Å²) in [5.74, 6) is 5.73. The fraction of sp³-hybridized carbons (Fsp3) is 0.375. The highest BCUT2D eigenvalue weighted by atomic mass is 19.1. The van der Waals surface area contributed by atoms with Gasteiger partial charge in [-0.15, -0.1) is 0 Å². The van der Waals surface area contributed by atoms with Crippen molar-refractivity contribution in [2.45, 2.75) is 47.1 Å². The molecule has 0 aliphatic heterocycles. The minimum absolute atomic E-state index is 0.00404. The summed E-state index contributed by atoms with van der Waals surface area (Å²) in [6.45, 7) is 10.4. The lowest BCUT2D eigenvalue weighted by molar-refractivity contribution is -0.119. The molecule has 0 heterocycles. The minimum atomic E-state index is -0.301. The molecule has 3 heteroatoms. The number of hydrogen-bond donors (Lipinski definition) is 1. The second kappa shape index (κ2) is 8.86. The lowest BCUT2D eigenvalue weighted by atomic mass is 9.87. The van der Waals surface area contributed by atoms with Gasteiger partial charge >= 0.3 is 0 Å². The minimum Gasteiger partial charge on any atom is -0.349 e. The summed E-state index contributed by atoms with van der Waals surface area (Å²) in [5.41, 5.74) is 2.16. The van der Waals surface area contributed by atoms with E-state index in [9.17, 15) is 9.18 Å². The van der Waals surface area contributed by atoms with Crippen LogP contribution in [0.1, 0.15) is 46.6 Å². The summed E-state index contributed by atoms with van der Waals surface area (Å²) in [4.78, 5) is 12.8. The van der Waals surface area contributed by atoms with Gasteiger partial charge in [0.25, 0.3) is 0 Å². The molecular formula is C24H28FNO. The Morgan fingerprint density at radius 2 is 2.00 bits per heavy atom. The number of carbonyl (C=O) groups is 1. The Morgan fingerprint density at radius 3 is 2.63 bits per heavy atom. The highest BCUT2D eigenvalue weighted by Gasteiger charge is 2.25. The molecule has 0 saturated heterocycles. The molecule has 2 unspecified atom stereocenters. The predicted molar refractivity (Wildman–Crippen MR) is 109 cm³/mol. The van der Waals surface area contributed by atoms with Gasteiger partial charge in [-0.2, -0.15) is 0 Å². The van der Waals surface area contributed by atoms with E-state index in [4.69, 9.17) is 0 Å². The maximum Gasteiger partial charge on any atom is 0.248 e. The Balaban J connectivity index is 2.24.